The van der Waals surface area contributed by atoms with Crippen molar-refractivity contribution in [2.24, 2.45) is 0 Å². The zero-order valence-corrected chi connectivity index (χ0v) is 41.9. The number of aryl methyl sites for hydroxylation is 1. The van der Waals surface area contributed by atoms with Gasteiger partial charge in [-0.1, -0.05) is 186 Å². The van der Waals surface area contributed by atoms with Crippen LogP contribution in [0.2, 0.25) is 0 Å². The second-order valence-corrected chi connectivity index (χ2v) is 24.3. The van der Waals surface area contributed by atoms with Crippen molar-refractivity contribution in [3.63, 3.8) is 0 Å². The van der Waals surface area contributed by atoms with Crippen molar-refractivity contribution < 1.29 is 4.39 Å². The monoisotopic (exact) mass is 813 g/mol. The van der Waals surface area contributed by atoms with Gasteiger partial charge < -0.3 is 0 Å². The third-order valence-corrected chi connectivity index (χ3v) is 9.91. The summed E-state index contributed by atoms with van der Waals surface area (Å²) in [4.78, 5) is 17.3. The van der Waals surface area contributed by atoms with Crippen LogP contribution in [-0.2, 0) is 43.3 Å². The number of halogens is 1. The van der Waals surface area contributed by atoms with E-state index in [9.17, 15) is 4.39 Å². The Bertz CT molecular complexity index is 1600. The van der Waals surface area contributed by atoms with Gasteiger partial charge in [0.15, 0.2) is 0 Å². The summed E-state index contributed by atoms with van der Waals surface area (Å²) in [5.41, 5.74) is 11.7. The fraction of sp³-hybridized carbons (Fsp3) is 0.630. The van der Waals surface area contributed by atoms with Crippen molar-refractivity contribution in [3.05, 3.63) is 118 Å². The summed E-state index contributed by atoms with van der Waals surface area (Å²) < 4.78 is 13.7. The Morgan fingerprint density at radius 1 is 0.390 bits per heavy atom. The van der Waals surface area contributed by atoms with E-state index in [0.29, 0.717) is 0 Å². The molecule has 3 aromatic heterocycles. The first-order chi connectivity index (χ1) is 25.7. The number of nitrogens with zero attached hydrogens (tertiary/aromatic N) is 4. The first-order valence-corrected chi connectivity index (χ1v) is 21.2. The maximum atomic E-state index is 13.7. The molecule has 0 aliphatic rings. The van der Waals surface area contributed by atoms with Gasteiger partial charge in [-0.25, -0.2) is 14.4 Å². The van der Waals surface area contributed by atoms with Crippen molar-refractivity contribution in [1.82, 2.24) is 19.9 Å². The van der Waals surface area contributed by atoms with E-state index in [4.69, 9.17) is 0 Å². The molecule has 0 unspecified atom stereocenters. The molecule has 4 nitrogen and oxygen atoms in total. The minimum atomic E-state index is -0.0991. The van der Waals surface area contributed by atoms with Crippen LogP contribution in [0, 0.1) is 12.7 Å². The van der Waals surface area contributed by atoms with Crippen molar-refractivity contribution in [1.29, 1.82) is 0 Å². The molecule has 59 heavy (non-hydrogen) atoms. The second kappa shape index (κ2) is 19.9. The van der Waals surface area contributed by atoms with Crippen LogP contribution in [0.1, 0.15) is 224 Å². The standard InChI is InChI=1S/C15H23F.2C13H21N.C12H20N2.CH4/c1-10-8-11(14(2,3)4)12(9-13(10)16)15(5,6)7;1-12(2,3)10-7-8-14-9-11(10)13(4,5)6;1-12(2,3)10-8-7-9-14-11(10)13(4,5)6;1-11(2,3)9-7-13-8-14-10(9)12(4,5)6;/h8-9H,1-7H3;2*7-9H,1-6H3;7-8H,1-6H3;1H4. The molecular weight excluding hydrogens is 724 g/mol. The third-order valence-electron chi connectivity index (χ3n) is 9.91. The van der Waals surface area contributed by atoms with Crippen LogP contribution in [0.3, 0.4) is 0 Å². The quantitative estimate of drug-likeness (QED) is 0.177. The lowest BCUT2D eigenvalue weighted by atomic mass is 9.74. The highest BCUT2D eigenvalue weighted by atomic mass is 19.1. The summed E-state index contributed by atoms with van der Waals surface area (Å²) in [6.45, 7) is 54.7. The van der Waals surface area contributed by atoms with Gasteiger partial charge in [-0.15, -0.1) is 0 Å². The number of rotatable bonds is 0. The highest BCUT2D eigenvalue weighted by molar-refractivity contribution is 5.41. The van der Waals surface area contributed by atoms with E-state index < -0.39 is 0 Å². The highest BCUT2D eigenvalue weighted by Crippen LogP contribution is 2.36. The normalized spacial score (nSPS) is 12.8. The topological polar surface area (TPSA) is 51.6 Å². The van der Waals surface area contributed by atoms with Crippen LogP contribution in [-0.4, -0.2) is 19.9 Å². The summed E-state index contributed by atoms with van der Waals surface area (Å²) in [5, 5.41) is 0. The molecule has 4 aromatic rings. The van der Waals surface area contributed by atoms with Gasteiger partial charge in [-0.05, 0) is 96.6 Å². The Morgan fingerprint density at radius 3 is 1.14 bits per heavy atom. The fourth-order valence-electron chi connectivity index (χ4n) is 6.65. The number of pyridine rings is 2. The lowest BCUT2D eigenvalue weighted by Crippen LogP contribution is -2.23. The van der Waals surface area contributed by atoms with Crippen molar-refractivity contribution in [2.45, 2.75) is 224 Å². The number of benzene rings is 1. The maximum absolute atomic E-state index is 13.7. The Hall–Kier alpha value is -3.47. The molecule has 0 saturated heterocycles. The summed E-state index contributed by atoms with van der Waals surface area (Å²) in [5.74, 6) is -0.0991. The Morgan fingerprint density at radius 2 is 0.780 bits per heavy atom. The average molecular weight is 813 g/mol. The molecule has 4 rings (SSSR count). The van der Waals surface area contributed by atoms with E-state index in [1.807, 2.05) is 43.8 Å². The smallest absolute Gasteiger partial charge is 0.126 e. The minimum Gasteiger partial charge on any atom is -0.264 e. The van der Waals surface area contributed by atoms with Crippen molar-refractivity contribution in [3.8, 4) is 0 Å². The summed E-state index contributed by atoms with van der Waals surface area (Å²) in [6, 6.07) is 10.1. The molecule has 0 aliphatic heterocycles. The first-order valence-electron chi connectivity index (χ1n) is 21.2. The van der Waals surface area contributed by atoms with Crippen LogP contribution < -0.4 is 0 Å². The molecule has 332 valence electrons. The van der Waals surface area contributed by atoms with Crippen molar-refractivity contribution in [2.75, 3.05) is 0 Å². The van der Waals surface area contributed by atoms with Crippen LogP contribution in [0.5, 0.6) is 0 Å². The molecule has 0 N–H and O–H groups in total. The second-order valence-electron chi connectivity index (χ2n) is 24.3. The average Bonchev–Trinajstić information content (AvgIpc) is 3.03. The van der Waals surface area contributed by atoms with E-state index >= 15 is 0 Å². The molecule has 0 saturated carbocycles. The number of hydrogen-bond acceptors (Lipinski definition) is 4. The van der Waals surface area contributed by atoms with Gasteiger partial charge in [0.1, 0.15) is 12.1 Å². The van der Waals surface area contributed by atoms with E-state index in [1.54, 1.807) is 12.4 Å². The third kappa shape index (κ3) is 17.2. The van der Waals surface area contributed by atoms with Gasteiger partial charge in [0.05, 0.1) is 5.69 Å². The van der Waals surface area contributed by atoms with Crippen molar-refractivity contribution >= 4 is 0 Å². The number of hydrogen-bond donors (Lipinski definition) is 0. The molecule has 0 radical (unpaired) electrons. The molecule has 1 aromatic carbocycles. The molecule has 0 bridgehead atoms. The Labute approximate surface area is 364 Å². The molecule has 3 heterocycles. The minimum absolute atomic E-state index is 0. The predicted molar refractivity (Wildman–Crippen MR) is 258 cm³/mol. The van der Waals surface area contributed by atoms with Crippen LogP contribution in [0.4, 0.5) is 4.39 Å². The Kier molecular flexibility index (Phi) is 18.8. The molecule has 0 spiro atoms. The SMILES string of the molecule is C.CC(C)(C)c1cccnc1C(C)(C)C.CC(C)(C)c1ccncc1C(C)(C)C.CC(C)(C)c1cncnc1C(C)(C)C.Cc1cc(C(C)(C)C)c(C(C)(C)C)cc1F. The maximum Gasteiger partial charge on any atom is 0.126 e. The highest BCUT2D eigenvalue weighted by Gasteiger charge is 2.29. The summed E-state index contributed by atoms with van der Waals surface area (Å²) in [7, 11) is 0. The van der Waals surface area contributed by atoms with Crippen LogP contribution in [0.15, 0.2) is 61.4 Å². The largest absolute Gasteiger partial charge is 0.264 e. The van der Waals surface area contributed by atoms with Gasteiger partial charge in [0.2, 0.25) is 0 Å². The zero-order chi connectivity index (χ0) is 45.7. The lowest BCUT2D eigenvalue weighted by molar-refractivity contribution is 0.510. The van der Waals surface area contributed by atoms with Gasteiger partial charge in [-0.3, -0.25) is 9.97 Å². The first kappa shape index (κ1) is 55.5. The summed E-state index contributed by atoms with van der Waals surface area (Å²) >= 11 is 0. The van der Waals surface area contributed by atoms with E-state index in [2.05, 4.69) is 198 Å². The zero-order valence-electron chi connectivity index (χ0n) is 41.9. The van der Waals surface area contributed by atoms with Gasteiger partial charge >= 0.3 is 0 Å². The molecule has 0 aliphatic carbocycles. The number of aromatic nitrogens is 4. The van der Waals surface area contributed by atoms with Gasteiger partial charge in [0.25, 0.3) is 0 Å². The van der Waals surface area contributed by atoms with Gasteiger partial charge in [0, 0.05) is 41.3 Å². The summed E-state index contributed by atoms with van der Waals surface area (Å²) in [6.07, 6.45) is 9.34. The molecule has 0 fully saturated rings. The van der Waals surface area contributed by atoms with Gasteiger partial charge in [-0.2, -0.15) is 0 Å². The van der Waals surface area contributed by atoms with E-state index in [1.165, 1.54) is 33.5 Å². The molecule has 5 heteroatoms. The fourth-order valence-corrected chi connectivity index (χ4v) is 6.65. The van der Waals surface area contributed by atoms with E-state index in [0.717, 1.165) is 16.8 Å². The molecule has 0 amide bonds. The predicted octanol–water partition coefficient (Wildman–Crippen LogP) is 15.8. The molecule has 0 atom stereocenters. The van der Waals surface area contributed by atoms with Crippen LogP contribution >= 0.6 is 0 Å². The molecular formula is C54H89FN4. The van der Waals surface area contributed by atoms with Crippen LogP contribution in [0.25, 0.3) is 0 Å². The Balaban J connectivity index is 0.000000757. The lowest BCUT2D eigenvalue weighted by Gasteiger charge is -2.30. The van der Waals surface area contributed by atoms with E-state index in [-0.39, 0.29) is 56.6 Å².